The predicted molar refractivity (Wildman–Crippen MR) is 58.8 cm³/mol. The molecule has 3 N–H and O–H groups in total. The third-order valence-electron chi connectivity index (χ3n) is 2.28. The first-order valence-corrected chi connectivity index (χ1v) is 4.74. The van der Waals surface area contributed by atoms with E-state index in [1.54, 1.807) is 19.2 Å². The number of nitrogens with zero attached hydrogens (tertiary/aromatic N) is 1. The highest BCUT2D eigenvalue weighted by Crippen LogP contribution is 2.13. The molecule has 0 bridgehead atoms. The van der Waals surface area contributed by atoms with Crippen LogP contribution >= 0.6 is 0 Å². The van der Waals surface area contributed by atoms with Crippen molar-refractivity contribution in [2.75, 3.05) is 7.05 Å². The maximum Gasteiger partial charge on any atom is 0.269 e. The monoisotopic (exact) mass is 223 g/mol. The van der Waals surface area contributed by atoms with Gasteiger partial charge in [-0.2, -0.15) is 0 Å². The molecule has 0 heterocycles. The van der Waals surface area contributed by atoms with Gasteiger partial charge in [-0.15, -0.1) is 0 Å². The van der Waals surface area contributed by atoms with Crippen molar-refractivity contribution in [2.45, 2.75) is 12.5 Å². The molecule has 1 amide bonds. The lowest BCUT2D eigenvalue weighted by Gasteiger charge is -2.11. The van der Waals surface area contributed by atoms with Gasteiger partial charge in [0.2, 0.25) is 5.91 Å². The van der Waals surface area contributed by atoms with E-state index in [1.807, 2.05) is 0 Å². The molecular weight excluding hydrogens is 210 g/mol. The average Bonchev–Trinajstić information content (AvgIpc) is 2.26. The van der Waals surface area contributed by atoms with E-state index in [0.29, 0.717) is 6.42 Å². The van der Waals surface area contributed by atoms with Crippen LogP contribution in [0.2, 0.25) is 0 Å². The Balaban J connectivity index is 2.75. The highest BCUT2D eigenvalue weighted by molar-refractivity contribution is 5.80. The number of carbonyl (C=O) groups is 1. The number of nitrogens with one attached hydrogen (secondary N) is 1. The van der Waals surface area contributed by atoms with Crippen molar-refractivity contribution < 1.29 is 9.72 Å². The minimum Gasteiger partial charge on any atom is -0.368 e. The van der Waals surface area contributed by atoms with E-state index < -0.39 is 16.9 Å². The minimum atomic E-state index is -0.465. The summed E-state index contributed by atoms with van der Waals surface area (Å²) in [6.07, 6.45) is 0.420. The van der Waals surface area contributed by atoms with Gasteiger partial charge in [-0.05, 0) is 19.0 Å². The van der Waals surface area contributed by atoms with E-state index in [4.69, 9.17) is 5.73 Å². The molecular formula is C10H13N3O3. The molecule has 0 fully saturated rings. The van der Waals surface area contributed by atoms with E-state index in [0.717, 1.165) is 5.56 Å². The zero-order valence-electron chi connectivity index (χ0n) is 8.84. The molecule has 0 aromatic heterocycles. The zero-order chi connectivity index (χ0) is 12.1. The second-order valence-corrected chi connectivity index (χ2v) is 3.37. The first-order chi connectivity index (χ1) is 7.54. The third kappa shape index (κ3) is 3.03. The van der Waals surface area contributed by atoms with Crippen LogP contribution in [0.15, 0.2) is 24.3 Å². The standard InChI is InChI=1S/C10H13N3O3/c1-12-9(10(11)14)6-7-2-4-8(5-3-7)13(15)16/h2-5,9,12H,6H2,1H3,(H2,11,14). The molecule has 0 aliphatic heterocycles. The molecule has 0 spiro atoms. The fourth-order valence-corrected chi connectivity index (χ4v) is 1.33. The quantitative estimate of drug-likeness (QED) is 0.550. The fourth-order valence-electron chi connectivity index (χ4n) is 1.33. The number of hydrogen-bond donors (Lipinski definition) is 2. The Morgan fingerprint density at radius 1 is 1.50 bits per heavy atom. The SMILES string of the molecule is CNC(Cc1ccc([N+](=O)[O-])cc1)C(N)=O. The number of rotatable bonds is 5. The van der Waals surface area contributed by atoms with Gasteiger partial charge in [-0.1, -0.05) is 12.1 Å². The van der Waals surface area contributed by atoms with Crippen molar-refractivity contribution in [3.8, 4) is 0 Å². The van der Waals surface area contributed by atoms with Gasteiger partial charge in [0.25, 0.3) is 5.69 Å². The molecule has 6 heteroatoms. The molecule has 86 valence electrons. The van der Waals surface area contributed by atoms with E-state index in [9.17, 15) is 14.9 Å². The summed E-state index contributed by atoms with van der Waals surface area (Å²) in [5.74, 6) is -0.444. The molecule has 1 aromatic rings. The Morgan fingerprint density at radius 3 is 2.44 bits per heavy atom. The lowest BCUT2D eigenvalue weighted by Crippen LogP contribution is -2.40. The van der Waals surface area contributed by atoms with Gasteiger partial charge in [0.15, 0.2) is 0 Å². The van der Waals surface area contributed by atoms with Gasteiger partial charge in [0.05, 0.1) is 11.0 Å². The maximum absolute atomic E-state index is 11.0. The van der Waals surface area contributed by atoms with Gasteiger partial charge in [-0.25, -0.2) is 0 Å². The van der Waals surface area contributed by atoms with Crippen molar-refractivity contribution in [1.29, 1.82) is 0 Å². The predicted octanol–water partition coefficient (Wildman–Crippen LogP) is 0.211. The van der Waals surface area contributed by atoms with Crippen LogP contribution in [0.5, 0.6) is 0 Å². The largest absolute Gasteiger partial charge is 0.368 e. The fraction of sp³-hybridized carbons (Fsp3) is 0.300. The number of nitro groups is 1. The summed E-state index contributed by atoms with van der Waals surface area (Å²) in [5, 5.41) is 13.2. The van der Waals surface area contributed by atoms with Gasteiger partial charge in [-0.3, -0.25) is 14.9 Å². The van der Waals surface area contributed by atoms with Crippen molar-refractivity contribution in [3.05, 3.63) is 39.9 Å². The molecule has 16 heavy (non-hydrogen) atoms. The van der Waals surface area contributed by atoms with Crippen LogP contribution in [0.4, 0.5) is 5.69 Å². The Morgan fingerprint density at radius 2 is 2.06 bits per heavy atom. The first kappa shape index (κ1) is 12.1. The molecule has 0 aliphatic rings. The van der Waals surface area contributed by atoms with Crippen LogP contribution in [-0.2, 0) is 11.2 Å². The molecule has 0 aliphatic carbocycles. The van der Waals surface area contributed by atoms with Crippen LogP contribution < -0.4 is 11.1 Å². The molecule has 0 saturated carbocycles. The van der Waals surface area contributed by atoms with E-state index in [1.165, 1.54) is 12.1 Å². The van der Waals surface area contributed by atoms with Crippen molar-refractivity contribution in [1.82, 2.24) is 5.32 Å². The number of nitro benzene ring substituents is 1. The summed E-state index contributed by atoms with van der Waals surface area (Å²) in [6.45, 7) is 0. The Labute approximate surface area is 92.6 Å². The van der Waals surface area contributed by atoms with E-state index in [-0.39, 0.29) is 5.69 Å². The molecule has 1 rings (SSSR count). The number of primary amides is 1. The van der Waals surface area contributed by atoms with Crippen molar-refractivity contribution in [2.24, 2.45) is 5.73 Å². The van der Waals surface area contributed by atoms with Crippen molar-refractivity contribution in [3.63, 3.8) is 0 Å². The highest BCUT2D eigenvalue weighted by atomic mass is 16.6. The average molecular weight is 223 g/mol. The smallest absolute Gasteiger partial charge is 0.269 e. The van der Waals surface area contributed by atoms with Gasteiger partial charge in [0.1, 0.15) is 0 Å². The number of benzene rings is 1. The molecule has 1 aromatic carbocycles. The van der Waals surface area contributed by atoms with Crippen LogP contribution in [0.25, 0.3) is 0 Å². The normalized spacial score (nSPS) is 12.1. The lowest BCUT2D eigenvalue weighted by molar-refractivity contribution is -0.384. The van der Waals surface area contributed by atoms with Crippen LogP contribution in [0.1, 0.15) is 5.56 Å². The number of nitrogens with two attached hydrogens (primary N) is 1. The maximum atomic E-state index is 11.0. The number of likely N-dealkylation sites (N-methyl/N-ethyl adjacent to an activating group) is 1. The Kier molecular flexibility index (Phi) is 3.96. The van der Waals surface area contributed by atoms with E-state index >= 15 is 0 Å². The van der Waals surface area contributed by atoms with Gasteiger partial charge in [0, 0.05) is 12.1 Å². The van der Waals surface area contributed by atoms with Gasteiger partial charge < -0.3 is 11.1 Å². The van der Waals surface area contributed by atoms with Crippen LogP contribution in [0.3, 0.4) is 0 Å². The third-order valence-corrected chi connectivity index (χ3v) is 2.28. The van der Waals surface area contributed by atoms with Crippen LogP contribution in [-0.4, -0.2) is 23.9 Å². The number of hydrogen-bond acceptors (Lipinski definition) is 4. The van der Waals surface area contributed by atoms with Gasteiger partial charge >= 0.3 is 0 Å². The summed E-state index contributed by atoms with van der Waals surface area (Å²) < 4.78 is 0. The highest BCUT2D eigenvalue weighted by Gasteiger charge is 2.13. The molecule has 1 unspecified atom stereocenters. The topological polar surface area (TPSA) is 98.3 Å². The number of carbonyl (C=O) groups excluding carboxylic acids is 1. The molecule has 0 radical (unpaired) electrons. The summed E-state index contributed by atoms with van der Waals surface area (Å²) >= 11 is 0. The zero-order valence-corrected chi connectivity index (χ0v) is 8.84. The number of non-ortho nitro benzene ring substituents is 1. The molecule has 0 saturated heterocycles. The summed E-state index contributed by atoms with van der Waals surface area (Å²) in [6, 6.07) is 5.59. The second kappa shape index (κ2) is 5.22. The van der Waals surface area contributed by atoms with Crippen molar-refractivity contribution >= 4 is 11.6 Å². The first-order valence-electron chi connectivity index (χ1n) is 4.74. The number of amides is 1. The Hall–Kier alpha value is -1.95. The summed E-state index contributed by atoms with van der Waals surface area (Å²) in [7, 11) is 1.64. The molecule has 6 nitrogen and oxygen atoms in total. The Bertz CT molecular complexity index is 389. The second-order valence-electron chi connectivity index (χ2n) is 3.37. The van der Waals surface area contributed by atoms with Crippen LogP contribution in [0, 0.1) is 10.1 Å². The lowest BCUT2D eigenvalue weighted by atomic mass is 10.1. The minimum absolute atomic E-state index is 0.0313. The summed E-state index contributed by atoms with van der Waals surface area (Å²) in [5.41, 5.74) is 6.02. The molecule has 1 atom stereocenters. The summed E-state index contributed by atoms with van der Waals surface area (Å²) in [4.78, 5) is 20.9. The van der Waals surface area contributed by atoms with E-state index in [2.05, 4.69) is 5.32 Å².